The van der Waals surface area contributed by atoms with Crippen LogP contribution < -0.4 is 10.6 Å². The number of carbonyl (C=O) groups excluding carboxylic acids is 2. The predicted octanol–water partition coefficient (Wildman–Crippen LogP) is 0.924. The molecule has 3 N–H and O–H groups in total. The van der Waals surface area contributed by atoms with Gasteiger partial charge < -0.3 is 20.2 Å². The molecule has 2 amide bonds. The molecule has 0 aliphatic carbocycles. The van der Waals surface area contributed by atoms with Gasteiger partial charge in [0.1, 0.15) is 0 Å². The highest BCUT2D eigenvalue weighted by molar-refractivity contribution is 5.91. The van der Waals surface area contributed by atoms with Gasteiger partial charge in [-0.3, -0.25) is 9.59 Å². The molecule has 0 bridgehead atoms. The molecule has 0 saturated heterocycles. The molecule has 0 spiro atoms. The van der Waals surface area contributed by atoms with Gasteiger partial charge in [-0.15, -0.1) is 0 Å². The Hall–Kier alpha value is -1.82. The maximum absolute atomic E-state index is 11.6. The van der Waals surface area contributed by atoms with Crippen molar-refractivity contribution in [3.8, 4) is 0 Å². The first-order valence-electron chi connectivity index (χ1n) is 6.86. The average Bonchev–Trinajstić information content (AvgIpc) is 2.97. The summed E-state index contributed by atoms with van der Waals surface area (Å²) in [5.74, 6) is 0.0942. The van der Waals surface area contributed by atoms with Crippen LogP contribution in [0.5, 0.6) is 0 Å². The molecule has 6 nitrogen and oxygen atoms in total. The van der Waals surface area contributed by atoms with E-state index in [9.17, 15) is 9.59 Å². The zero-order valence-electron chi connectivity index (χ0n) is 11.7. The predicted molar refractivity (Wildman–Crippen MR) is 74.2 cm³/mol. The van der Waals surface area contributed by atoms with Crippen molar-refractivity contribution >= 4 is 11.8 Å². The minimum absolute atomic E-state index is 0.110. The summed E-state index contributed by atoms with van der Waals surface area (Å²) in [5, 5.41) is 14.3. The van der Waals surface area contributed by atoms with Gasteiger partial charge in [0.05, 0.1) is 6.26 Å². The van der Waals surface area contributed by atoms with Crippen molar-refractivity contribution in [1.82, 2.24) is 10.6 Å². The van der Waals surface area contributed by atoms with Crippen LogP contribution in [0.4, 0.5) is 0 Å². The van der Waals surface area contributed by atoms with Crippen LogP contribution in [0.2, 0.25) is 0 Å². The van der Waals surface area contributed by atoms with E-state index in [2.05, 4.69) is 10.6 Å². The van der Waals surface area contributed by atoms with Crippen LogP contribution in [-0.2, 0) is 4.79 Å². The van der Waals surface area contributed by atoms with Crippen LogP contribution in [0.3, 0.4) is 0 Å². The number of amides is 2. The van der Waals surface area contributed by atoms with Crippen LogP contribution in [0, 0.1) is 5.92 Å². The summed E-state index contributed by atoms with van der Waals surface area (Å²) in [6, 6.07) is 3.20. The van der Waals surface area contributed by atoms with E-state index in [0.29, 0.717) is 18.9 Å². The van der Waals surface area contributed by atoms with Gasteiger partial charge in [0.2, 0.25) is 5.91 Å². The number of aliphatic hydroxyl groups excluding tert-OH is 1. The minimum Gasteiger partial charge on any atom is -0.459 e. The van der Waals surface area contributed by atoms with Crippen molar-refractivity contribution in [2.45, 2.75) is 26.2 Å². The maximum Gasteiger partial charge on any atom is 0.286 e. The van der Waals surface area contributed by atoms with Gasteiger partial charge >= 0.3 is 0 Å². The number of hydrogen-bond acceptors (Lipinski definition) is 4. The van der Waals surface area contributed by atoms with Gasteiger partial charge in [-0.2, -0.15) is 0 Å². The lowest BCUT2D eigenvalue weighted by Gasteiger charge is -2.14. The first-order valence-corrected chi connectivity index (χ1v) is 6.86. The zero-order chi connectivity index (χ0) is 14.8. The third kappa shape index (κ3) is 5.88. The molecule has 0 fully saturated rings. The van der Waals surface area contributed by atoms with E-state index in [1.54, 1.807) is 12.1 Å². The maximum atomic E-state index is 11.6. The molecule has 0 aliphatic heterocycles. The Morgan fingerprint density at radius 2 is 2.20 bits per heavy atom. The Kier molecular flexibility index (Phi) is 7.42. The van der Waals surface area contributed by atoms with Crippen molar-refractivity contribution in [2.24, 2.45) is 5.92 Å². The van der Waals surface area contributed by atoms with E-state index >= 15 is 0 Å². The molecule has 6 heteroatoms. The normalized spacial score (nSPS) is 11.9. The lowest BCUT2D eigenvalue weighted by molar-refractivity contribution is -0.121. The van der Waals surface area contributed by atoms with E-state index in [1.165, 1.54) is 6.26 Å². The van der Waals surface area contributed by atoms with Gasteiger partial charge in [-0.05, 0) is 24.5 Å². The van der Waals surface area contributed by atoms with Gasteiger partial charge in [0.25, 0.3) is 5.91 Å². The molecule has 1 unspecified atom stereocenters. The molecule has 0 radical (unpaired) electrons. The number of aliphatic hydroxyl groups is 1. The fraction of sp³-hybridized carbons (Fsp3) is 0.571. The van der Waals surface area contributed by atoms with Crippen LogP contribution in [0.15, 0.2) is 22.8 Å². The highest BCUT2D eigenvalue weighted by Crippen LogP contribution is 2.05. The van der Waals surface area contributed by atoms with Crippen molar-refractivity contribution < 1.29 is 19.1 Å². The lowest BCUT2D eigenvalue weighted by Crippen LogP contribution is -2.33. The molecule has 1 rings (SSSR count). The van der Waals surface area contributed by atoms with Gasteiger partial charge in [0, 0.05) is 26.1 Å². The Labute approximate surface area is 118 Å². The first kappa shape index (κ1) is 16.2. The van der Waals surface area contributed by atoms with Gasteiger partial charge in [-0.1, -0.05) is 13.3 Å². The summed E-state index contributed by atoms with van der Waals surface area (Å²) in [6.45, 7) is 2.98. The van der Waals surface area contributed by atoms with Crippen LogP contribution in [0.25, 0.3) is 0 Å². The van der Waals surface area contributed by atoms with E-state index in [-0.39, 0.29) is 37.1 Å². The summed E-state index contributed by atoms with van der Waals surface area (Å²) in [7, 11) is 0. The second-order valence-corrected chi connectivity index (χ2v) is 4.57. The van der Waals surface area contributed by atoms with E-state index in [0.717, 1.165) is 6.42 Å². The van der Waals surface area contributed by atoms with Crippen LogP contribution in [-0.4, -0.2) is 36.6 Å². The molecule has 1 aromatic rings. The minimum atomic E-state index is -0.325. The average molecular weight is 282 g/mol. The lowest BCUT2D eigenvalue weighted by atomic mass is 10.0. The fourth-order valence-corrected chi connectivity index (χ4v) is 1.76. The SMILES string of the molecule is CCC(CCO)CNC(=O)CCNC(=O)c1ccco1. The number of furan rings is 1. The molecule has 1 heterocycles. The van der Waals surface area contributed by atoms with E-state index < -0.39 is 0 Å². The summed E-state index contributed by atoms with van der Waals surface area (Å²) in [6.07, 6.45) is 3.25. The molecule has 0 saturated carbocycles. The largest absolute Gasteiger partial charge is 0.459 e. The first-order chi connectivity index (χ1) is 9.67. The molecule has 112 valence electrons. The highest BCUT2D eigenvalue weighted by Gasteiger charge is 2.10. The number of hydrogen-bond donors (Lipinski definition) is 3. The Morgan fingerprint density at radius 3 is 2.80 bits per heavy atom. The number of rotatable bonds is 9. The van der Waals surface area contributed by atoms with Crippen molar-refractivity contribution in [1.29, 1.82) is 0 Å². The fourth-order valence-electron chi connectivity index (χ4n) is 1.76. The smallest absolute Gasteiger partial charge is 0.286 e. The molecular weight excluding hydrogens is 260 g/mol. The standard InChI is InChI=1S/C14H22N2O4/c1-2-11(6-8-17)10-16-13(18)5-7-15-14(19)12-4-3-9-20-12/h3-4,9,11,17H,2,5-8,10H2,1H3,(H,15,19)(H,16,18). The second-order valence-electron chi connectivity index (χ2n) is 4.57. The van der Waals surface area contributed by atoms with Crippen molar-refractivity contribution in [3.05, 3.63) is 24.2 Å². The molecule has 1 atom stereocenters. The molecule has 0 aliphatic rings. The quantitative estimate of drug-likeness (QED) is 0.628. The van der Waals surface area contributed by atoms with Gasteiger partial charge in [-0.25, -0.2) is 0 Å². The Morgan fingerprint density at radius 1 is 1.40 bits per heavy atom. The number of nitrogens with one attached hydrogen (secondary N) is 2. The van der Waals surface area contributed by atoms with Crippen LogP contribution >= 0.6 is 0 Å². The number of carbonyl (C=O) groups is 2. The van der Waals surface area contributed by atoms with Gasteiger partial charge in [0.15, 0.2) is 5.76 Å². The third-order valence-corrected chi connectivity index (χ3v) is 3.09. The Balaban J connectivity index is 2.15. The van der Waals surface area contributed by atoms with Crippen LogP contribution in [0.1, 0.15) is 36.7 Å². The Bertz CT molecular complexity index is 403. The highest BCUT2D eigenvalue weighted by atomic mass is 16.3. The van der Waals surface area contributed by atoms with Crippen molar-refractivity contribution in [2.75, 3.05) is 19.7 Å². The van der Waals surface area contributed by atoms with E-state index in [4.69, 9.17) is 9.52 Å². The summed E-state index contributed by atoms with van der Waals surface area (Å²) in [5.41, 5.74) is 0. The molecule has 20 heavy (non-hydrogen) atoms. The zero-order valence-corrected chi connectivity index (χ0v) is 11.7. The summed E-state index contributed by atoms with van der Waals surface area (Å²) in [4.78, 5) is 23.1. The van der Waals surface area contributed by atoms with Crippen molar-refractivity contribution in [3.63, 3.8) is 0 Å². The molecule has 0 aromatic carbocycles. The molecular formula is C14H22N2O4. The topological polar surface area (TPSA) is 91.6 Å². The summed E-state index contributed by atoms with van der Waals surface area (Å²) >= 11 is 0. The third-order valence-electron chi connectivity index (χ3n) is 3.09. The van der Waals surface area contributed by atoms with E-state index in [1.807, 2.05) is 6.92 Å². The second kappa shape index (κ2) is 9.14. The monoisotopic (exact) mass is 282 g/mol. The molecule has 1 aromatic heterocycles. The summed E-state index contributed by atoms with van der Waals surface area (Å²) < 4.78 is 4.94.